The molecule has 3 rings (SSSR count). The first-order valence-corrected chi connectivity index (χ1v) is 8.56. The van der Waals surface area contributed by atoms with Crippen LogP contribution < -0.4 is 5.32 Å². The van der Waals surface area contributed by atoms with Gasteiger partial charge >= 0.3 is 6.03 Å². The highest BCUT2D eigenvalue weighted by Crippen LogP contribution is 2.42. The number of thiazole rings is 1. The molecule has 0 aliphatic heterocycles. The molecular weight excluding hydrogens is 310 g/mol. The molecule has 122 valence electrons. The number of hydrogen-bond donors (Lipinski definition) is 2. The normalized spacial score (nSPS) is 15.2. The standard InChI is InChI=1S/C17H21N3O2S/c1-11-9-18-16(23-11)15(13-5-6-13)19-17(22)20(2)10-12-3-7-14(21)8-4-12/h3-4,7-9,13,15,21H,5-6,10H2,1-2H3,(H,19,22)/t15-/m0/s1. The Morgan fingerprint density at radius 1 is 1.43 bits per heavy atom. The lowest BCUT2D eigenvalue weighted by Gasteiger charge is -2.22. The van der Waals surface area contributed by atoms with E-state index in [9.17, 15) is 9.90 Å². The maximum Gasteiger partial charge on any atom is 0.318 e. The summed E-state index contributed by atoms with van der Waals surface area (Å²) in [6.07, 6.45) is 4.15. The summed E-state index contributed by atoms with van der Waals surface area (Å²) in [4.78, 5) is 19.7. The molecule has 0 saturated heterocycles. The number of hydrogen-bond acceptors (Lipinski definition) is 4. The first kappa shape index (κ1) is 15.8. The summed E-state index contributed by atoms with van der Waals surface area (Å²) in [5.74, 6) is 0.736. The Labute approximate surface area is 140 Å². The molecule has 1 aromatic carbocycles. The summed E-state index contributed by atoms with van der Waals surface area (Å²) >= 11 is 1.65. The minimum Gasteiger partial charge on any atom is -0.508 e. The molecule has 1 fully saturated rings. The summed E-state index contributed by atoms with van der Waals surface area (Å²) in [7, 11) is 1.78. The summed E-state index contributed by atoms with van der Waals surface area (Å²) in [5, 5.41) is 13.4. The van der Waals surface area contributed by atoms with Gasteiger partial charge in [-0.05, 0) is 43.4 Å². The largest absolute Gasteiger partial charge is 0.508 e. The second kappa shape index (κ2) is 6.58. The molecule has 2 amide bonds. The van der Waals surface area contributed by atoms with E-state index in [-0.39, 0.29) is 17.8 Å². The molecule has 1 saturated carbocycles. The van der Waals surface area contributed by atoms with Crippen LogP contribution in [0.4, 0.5) is 4.79 Å². The highest BCUT2D eigenvalue weighted by molar-refractivity contribution is 7.11. The predicted molar refractivity (Wildman–Crippen MR) is 90.4 cm³/mol. The molecule has 2 N–H and O–H groups in total. The third kappa shape index (κ3) is 4.01. The van der Waals surface area contributed by atoms with Gasteiger partial charge in [0, 0.05) is 24.7 Å². The molecule has 0 unspecified atom stereocenters. The van der Waals surface area contributed by atoms with Crippen molar-refractivity contribution in [1.82, 2.24) is 15.2 Å². The zero-order valence-electron chi connectivity index (χ0n) is 13.3. The number of nitrogens with zero attached hydrogens (tertiary/aromatic N) is 2. The van der Waals surface area contributed by atoms with Crippen LogP contribution in [-0.4, -0.2) is 28.1 Å². The number of rotatable bonds is 5. The SMILES string of the molecule is Cc1cnc([C@@H](NC(=O)N(C)Cc2ccc(O)cc2)C2CC2)s1. The number of carbonyl (C=O) groups is 1. The average molecular weight is 331 g/mol. The van der Waals surface area contributed by atoms with Gasteiger partial charge < -0.3 is 15.3 Å². The number of carbonyl (C=O) groups excluding carboxylic acids is 1. The van der Waals surface area contributed by atoms with Gasteiger partial charge in [-0.15, -0.1) is 11.3 Å². The lowest BCUT2D eigenvalue weighted by atomic mass is 10.2. The van der Waals surface area contributed by atoms with Gasteiger partial charge in [-0.1, -0.05) is 12.1 Å². The number of benzene rings is 1. The number of aryl methyl sites for hydroxylation is 1. The molecule has 2 aromatic rings. The van der Waals surface area contributed by atoms with Crippen molar-refractivity contribution in [2.24, 2.45) is 5.92 Å². The Bertz CT molecular complexity index is 679. The number of nitrogens with one attached hydrogen (secondary N) is 1. The molecule has 1 atom stereocenters. The maximum atomic E-state index is 12.5. The second-order valence-electron chi connectivity index (χ2n) is 6.10. The Morgan fingerprint density at radius 2 is 2.13 bits per heavy atom. The first-order valence-electron chi connectivity index (χ1n) is 7.75. The van der Waals surface area contributed by atoms with Gasteiger partial charge in [-0.25, -0.2) is 9.78 Å². The Kier molecular flexibility index (Phi) is 4.52. The van der Waals surface area contributed by atoms with Gasteiger partial charge in [0.1, 0.15) is 10.8 Å². The monoisotopic (exact) mass is 331 g/mol. The first-order chi connectivity index (χ1) is 11.0. The lowest BCUT2D eigenvalue weighted by Crippen LogP contribution is -2.39. The summed E-state index contributed by atoms with van der Waals surface area (Å²) in [6, 6.07) is 6.83. The number of phenols is 1. The van der Waals surface area contributed by atoms with Crippen LogP contribution in [0.1, 0.15) is 34.3 Å². The molecule has 0 spiro atoms. The number of aromatic hydroxyl groups is 1. The number of aromatic nitrogens is 1. The van der Waals surface area contributed by atoms with Crippen molar-refractivity contribution in [2.45, 2.75) is 32.4 Å². The van der Waals surface area contributed by atoms with Gasteiger partial charge in [0.2, 0.25) is 0 Å². The number of urea groups is 1. The Balaban J connectivity index is 1.63. The fraction of sp³-hybridized carbons (Fsp3) is 0.412. The number of amides is 2. The van der Waals surface area contributed by atoms with E-state index in [1.807, 2.05) is 25.3 Å². The topological polar surface area (TPSA) is 65.5 Å². The predicted octanol–water partition coefficient (Wildman–Crippen LogP) is 3.45. The molecular formula is C17H21N3O2S. The highest BCUT2D eigenvalue weighted by Gasteiger charge is 2.35. The third-order valence-corrected chi connectivity index (χ3v) is 4.98. The zero-order valence-corrected chi connectivity index (χ0v) is 14.1. The van der Waals surface area contributed by atoms with Crippen LogP contribution in [0.15, 0.2) is 30.5 Å². The van der Waals surface area contributed by atoms with Crippen molar-refractivity contribution in [3.05, 3.63) is 45.9 Å². The summed E-state index contributed by atoms with van der Waals surface area (Å²) in [6.45, 7) is 2.53. The van der Waals surface area contributed by atoms with E-state index in [2.05, 4.69) is 10.3 Å². The quantitative estimate of drug-likeness (QED) is 0.882. The Morgan fingerprint density at radius 3 is 2.70 bits per heavy atom. The molecule has 0 bridgehead atoms. The molecule has 6 heteroatoms. The van der Waals surface area contributed by atoms with Crippen LogP contribution >= 0.6 is 11.3 Å². The number of phenolic OH excluding ortho intramolecular Hbond substituents is 1. The van der Waals surface area contributed by atoms with Crippen LogP contribution in [0, 0.1) is 12.8 Å². The fourth-order valence-electron chi connectivity index (χ4n) is 2.52. The molecule has 1 aromatic heterocycles. The van der Waals surface area contributed by atoms with Gasteiger partial charge in [-0.3, -0.25) is 0 Å². The van der Waals surface area contributed by atoms with Crippen molar-refractivity contribution < 1.29 is 9.90 Å². The Hall–Kier alpha value is -2.08. The maximum absolute atomic E-state index is 12.5. The third-order valence-electron chi connectivity index (χ3n) is 3.98. The highest BCUT2D eigenvalue weighted by atomic mass is 32.1. The van der Waals surface area contributed by atoms with Gasteiger partial charge in [-0.2, -0.15) is 0 Å². The van der Waals surface area contributed by atoms with Crippen molar-refractivity contribution in [3.63, 3.8) is 0 Å². The van der Waals surface area contributed by atoms with Crippen LogP contribution in [0.25, 0.3) is 0 Å². The van der Waals surface area contributed by atoms with Crippen LogP contribution in [-0.2, 0) is 6.54 Å². The molecule has 1 heterocycles. The molecule has 1 aliphatic carbocycles. The van der Waals surface area contributed by atoms with E-state index in [1.54, 1.807) is 35.4 Å². The van der Waals surface area contributed by atoms with Crippen molar-refractivity contribution in [1.29, 1.82) is 0 Å². The van der Waals surface area contributed by atoms with Crippen LogP contribution in [0.2, 0.25) is 0 Å². The van der Waals surface area contributed by atoms with Crippen molar-refractivity contribution in [3.8, 4) is 5.75 Å². The zero-order chi connectivity index (χ0) is 16.4. The van der Waals surface area contributed by atoms with Crippen molar-refractivity contribution >= 4 is 17.4 Å². The second-order valence-corrected chi connectivity index (χ2v) is 7.36. The van der Waals surface area contributed by atoms with E-state index in [1.165, 1.54) is 0 Å². The van der Waals surface area contributed by atoms with Gasteiger partial charge in [0.15, 0.2) is 0 Å². The van der Waals surface area contributed by atoms with E-state index in [4.69, 9.17) is 0 Å². The van der Waals surface area contributed by atoms with E-state index < -0.39 is 0 Å². The van der Waals surface area contributed by atoms with Crippen LogP contribution in [0.3, 0.4) is 0 Å². The fourth-order valence-corrected chi connectivity index (χ4v) is 3.44. The minimum atomic E-state index is -0.0946. The lowest BCUT2D eigenvalue weighted by molar-refractivity contribution is 0.201. The smallest absolute Gasteiger partial charge is 0.318 e. The van der Waals surface area contributed by atoms with Crippen LogP contribution in [0.5, 0.6) is 5.75 Å². The van der Waals surface area contributed by atoms with Gasteiger partial charge in [0.25, 0.3) is 0 Å². The van der Waals surface area contributed by atoms with E-state index in [0.717, 1.165) is 28.3 Å². The summed E-state index contributed by atoms with van der Waals surface area (Å²) < 4.78 is 0. The average Bonchev–Trinajstić information content (AvgIpc) is 3.28. The molecule has 5 nitrogen and oxygen atoms in total. The van der Waals surface area contributed by atoms with E-state index in [0.29, 0.717) is 12.5 Å². The minimum absolute atomic E-state index is 0.0171. The summed E-state index contributed by atoms with van der Waals surface area (Å²) in [5.41, 5.74) is 0.980. The van der Waals surface area contributed by atoms with E-state index >= 15 is 0 Å². The van der Waals surface area contributed by atoms with Gasteiger partial charge in [0.05, 0.1) is 6.04 Å². The molecule has 1 aliphatic rings. The van der Waals surface area contributed by atoms with Crippen molar-refractivity contribution in [2.75, 3.05) is 7.05 Å². The molecule has 23 heavy (non-hydrogen) atoms. The molecule has 0 radical (unpaired) electrons.